The molecule has 0 fully saturated rings. The van der Waals surface area contributed by atoms with E-state index in [1.54, 1.807) is 18.2 Å². The Morgan fingerprint density at radius 3 is 2.58 bits per heavy atom. The molecule has 4 heteroatoms. The number of carbonyl (C=O) groups excluding carboxylic acids is 1. The Labute approximate surface area is 143 Å². The molecule has 0 spiro atoms. The van der Waals surface area contributed by atoms with Crippen LogP contribution >= 0.6 is 0 Å². The highest BCUT2D eigenvalue weighted by Gasteiger charge is 2.09. The van der Waals surface area contributed by atoms with Gasteiger partial charge < -0.3 is 10.6 Å². The minimum absolute atomic E-state index is 0.0922. The van der Waals surface area contributed by atoms with Crippen LogP contribution in [0.3, 0.4) is 0 Å². The van der Waals surface area contributed by atoms with Gasteiger partial charge in [0.1, 0.15) is 5.82 Å². The summed E-state index contributed by atoms with van der Waals surface area (Å²) in [6.07, 6.45) is 0.348. The van der Waals surface area contributed by atoms with Crippen molar-refractivity contribution in [2.75, 3.05) is 11.9 Å². The number of benzene rings is 2. The van der Waals surface area contributed by atoms with E-state index in [1.807, 2.05) is 0 Å². The van der Waals surface area contributed by atoms with Crippen molar-refractivity contribution in [3.05, 3.63) is 65.0 Å². The van der Waals surface area contributed by atoms with E-state index in [-0.39, 0.29) is 18.3 Å². The predicted molar refractivity (Wildman–Crippen MR) is 96.6 cm³/mol. The highest BCUT2D eigenvalue weighted by atomic mass is 19.1. The average molecular weight is 328 g/mol. The molecule has 0 radical (unpaired) electrons. The van der Waals surface area contributed by atoms with Crippen molar-refractivity contribution in [2.24, 2.45) is 0 Å². The van der Waals surface area contributed by atoms with Crippen LogP contribution in [0.1, 0.15) is 42.9 Å². The van der Waals surface area contributed by atoms with Crippen LogP contribution in [0.4, 0.5) is 10.1 Å². The number of halogens is 1. The molecule has 2 aromatic carbocycles. The molecule has 3 nitrogen and oxygen atoms in total. The highest BCUT2D eigenvalue weighted by molar-refractivity contribution is 5.76. The van der Waals surface area contributed by atoms with Crippen LogP contribution in [0.25, 0.3) is 0 Å². The van der Waals surface area contributed by atoms with Crippen molar-refractivity contribution in [3.63, 3.8) is 0 Å². The number of nitrogens with one attached hydrogen (secondary N) is 2. The predicted octanol–water partition coefficient (Wildman–Crippen LogP) is 4.38. The maximum Gasteiger partial charge on any atom is 0.222 e. The second kappa shape index (κ2) is 8.48. The maximum absolute atomic E-state index is 13.5. The van der Waals surface area contributed by atoms with Gasteiger partial charge in [0.25, 0.3) is 0 Å². The molecule has 0 unspecified atom stereocenters. The molecule has 2 N–H and O–H groups in total. The Morgan fingerprint density at radius 2 is 1.88 bits per heavy atom. The molecule has 0 heterocycles. The largest absolute Gasteiger partial charge is 0.384 e. The van der Waals surface area contributed by atoms with Gasteiger partial charge in [0.2, 0.25) is 5.91 Å². The third kappa shape index (κ3) is 4.82. The fourth-order valence-electron chi connectivity index (χ4n) is 2.64. The first-order valence-electron chi connectivity index (χ1n) is 8.32. The molecule has 0 saturated heterocycles. The number of amides is 1. The normalized spacial score (nSPS) is 10.7. The number of aryl methyl sites for hydroxylation is 1. The first-order valence-corrected chi connectivity index (χ1v) is 8.32. The molecule has 0 aliphatic carbocycles. The summed E-state index contributed by atoms with van der Waals surface area (Å²) in [5, 5.41) is 6.13. The van der Waals surface area contributed by atoms with Gasteiger partial charge in [-0.1, -0.05) is 50.2 Å². The van der Waals surface area contributed by atoms with E-state index in [2.05, 4.69) is 49.6 Å². The zero-order valence-corrected chi connectivity index (χ0v) is 14.5. The molecule has 24 heavy (non-hydrogen) atoms. The third-order valence-electron chi connectivity index (χ3n) is 4.01. The lowest BCUT2D eigenvalue weighted by atomic mass is 9.98. The molecule has 0 saturated carbocycles. The van der Waals surface area contributed by atoms with Crippen LogP contribution in [-0.2, 0) is 11.3 Å². The first-order chi connectivity index (χ1) is 11.5. The summed E-state index contributed by atoms with van der Waals surface area (Å²) < 4.78 is 13.5. The summed E-state index contributed by atoms with van der Waals surface area (Å²) in [5.41, 5.74) is 4.03. The fourth-order valence-corrected chi connectivity index (χ4v) is 2.64. The van der Waals surface area contributed by atoms with Gasteiger partial charge in [-0.15, -0.1) is 0 Å². The highest BCUT2D eigenvalue weighted by Crippen LogP contribution is 2.27. The molecule has 0 aliphatic heterocycles. The van der Waals surface area contributed by atoms with E-state index >= 15 is 0 Å². The van der Waals surface area contributed by atoms with E-state index in [0.717, 1.165) is 5.69 Å². The summed E-state index contributed by atoms with van der Waals surface area (Å²) in [6, 6.07) is 12.7. The Hall–Kier alpha value is -2.36. The molecule has 0 atom stereocenters. The smallest absolute Gasteiger partial charge is 0.222 e. The summed E-state index contributed by atoms with van der Waals surface area (Å²) in [6.45, 7) is 7.13. The quantitative estimate of drug-likeness (QED) is 0.792. The van der Waals surface area contributed by atoms with E-state index < -0.39 is 0 Å². The van der Waals surface area contributed by atoms with Crippen molar-refractivity contribution in [3.8, 4) is 0 Å². The van der Waals surface area contributed by atoms with Gasteiger partial charge >= 0.3 is 0 Å². The molecule has 0 aromatic heterocycles. The number of anilines is 1. The standard InChI is InChI=1S/C20H25FN2O/c1-14(2)17-9-6-7-15(3)20(17)22-12-11-19(24)23-13-16-8-4-5-10-18(16)21/h4-10,14,22H,11-13H2,1-3H3,(H,23,24). The monoisotopic (exact) mass is 328 g/mol. The fraction of sp³-hybridized carbons (Fsp3) is 0.350. The second-order valence-corrected chi connectivity index (χ2v) is 6.24. The van der Waals surface area contributed by atoms with Gasteiger partial charge in [-0.25, -0.2) is 4.39 Å². The third-order valence-corrected chi connectivity index (χ3v) is 4.01. The number of rotatable bonds is 7. The number of hydrogen-bond donors (Lipinski definition) is 2. The lowest BCUT2D eigenvalue weighted by molar-refractivity contribution is -0.121. The molecule has 0 bridgehead atoms. The van der Waals surface area contributed by atoms with Crippen molar-refractivity contribution in [2.45, 2.75) is 39.7 Å². The van der Waals surface area contributed by atoms with Gasteiger partial charge in [-0.05, 0) is 30.0 Å². The average Bonchev–Trinajstić information content (AvgIpc) is 2.55. The molecule has 2 aromatic rings. The first kappa shape index (κ1) is 18.0. The maximum atomic E-state index is 13.5. The number of carbonyl (C=O) groups is 1. The molecular weight excluding hydrogens is 303 g/mol. The second-order valence-electron chi connectivity index (χ2n) is 6.24. The van der Waals surface area contributed by atoms with Crippen molar-refractivity contribution >= 4 is 11.6 Å². The van der Waals surface area contributed by atoms with Crippen LogP contribution < -0.4 is 10.6 Å². The summed E-state index contributed by atoms with van der Waals surface area (Å²) >= 11 is 0. The molecule has 1 amide bonds. The van der Waals surface area contributed by atoms with Gasteiger partial charge in [0.15, 0.2) is 0 Å². The van der Waals surface area contributed by atoms with Gasteiger partial charge in [0.05, 0.1) is 0 Å². The van der Waals surface area contributed by atoms with Crippen LogP contribution in [0, 0.1) is 12.7 Å². The molecular formula is C20H25FN2O. The minimum Gasteiger partial charge on any atom is -0.384 e. The summed E-state index contributed by atoms with van der Waals surface area (Å²) in [7, 11) is 0. The van der Waals surface area contributed by atoms with Crippen LogP contribution in [0.15, 0.2) is 42.5 Å². The Kier molecular flexibility index (Phi) is 6.36. The van der Waals surface area contributed by atoms with Gasteiger partial charge in [-0.2, -0.15) is 0 Å². The van der Waals surface area contributed by atoms with Crippen LogP contribution in [0.2, 0.25) is 0 Å². The molecule has 2 rings (SSSR count). The van der Waals surface area contributed by atoms with Gasteiger partial charge in [0, 0.05) is 30.8 Å². The van der Waals surface area contributed by atoms with Crippen molar-refractivity contribution in [1.82, 2.24) is 5.32 Å². The topological polar surface area (TPSA) is 41.1 Å². The molecule has 128 valence electrons. The van der Waals surface area contributed by atoms with Crippen molar-refractivity contribution in [1.29, 1.82) is 0 Å². The summed E-state index contributed by atoms with van der Waals surface area (Å²) in [4.78, 5) is 11.9. The Balaban J connectivity index is 1.84. The van der Waals surface area contributed by atoms with Crippen LogP contribution in [-0.4, -0.2) is 12.5 Å². The number of hydrogen-bond acceptors (Lipinski definition) is 2. The Morgan fingerprint density at radius 1 is 1.12 bits per heavy atom. The minimum atomic E-state index is -0.294. The number of para-hydroxylation sites is 1. The lowest BCUT2D eigenvalue weighted by Crippen LogP contribution is -2.25. The zero-order chi connectivity index (χ0) is 17.5. The van der Waals surface area contributed by atoms with Crippen LogP contribution in [0.5, 0.6) is 0 Å². The van der Waals surface area contributed by atoms with E-state index in [0.29, 0.717) is 24.4 Å². The van der Waals surface area contributed by atoms with Crippen molar-refractivity contribution < 1.29 is 9.18 Å². The molecule has 0 aliphatic rings. The lowest BCUT2D eigenvalue weighted by Gasteiger charge is -2.17. The Bertz CT molecular complexity index is 698. The van der Waals surface area contributed by atoms with E-state index in [9.17, 15) is 9.18 Å². The summed E-state index contributed by atoms with van der Waals surface area (Å²) in [5.74, 6) is 0.0325. The SMILES string of the molecule is Cc1cccc(C(C)C)c1NCCC(=O)NCc1ccccc1F. The van der Waals surface area contributed by atoms with E-state index in [4.69, 9.17) is 0 Å². The zero-order valence-electron chi connectivity index (χ0n) is 14.5. The van der Waals surface area contributed by atoms with Gasteiger partial charge in [-0.3, -0.25) is 4.79 Å². The van der Waals surface area contributed by atoms with E-state index in [1.165, 1.54) is 17.2 Å².